The van der Waals surface area contributed by atoms with Crippen LogP contribution in [0.5, 0.6) is 0 Å². The second-order valence-corrected chi connectivity index (χ2v) is 6.62. The van der Waals surface area contributed by atoms with Crippen LogP contribution in [0.3, 0.4) is 0 Å². The Kier molecular flexibility index (Phi) is 12.3. The molecule has 1 heterocycles. The lowest BCUT2D eigenvalue weighted by atomic mass is 10.1. The summed E-state index contributed by atoms with van der Waals surface area (Å²) in [6.07, 6.45) is 18.3. The largest absolute Gasteiger partial charge is 0.379 e. The molecule has 2 heteroatoms. The summed E-state index contributed by atoms with van der Waals surface area (Å²) in [7, 11) is 0. The molecule has 0 spiro atoms. The van der Waals surface area contributed by atoms with Crippen LogP contribution in [0.15, 0.2) is 0 Å². The van der Waals surface area contributed by atoms with Gasteiger partial charge in [-0.15, -0.1) is 0 Å². The van der Waals surface area contributed by atoms with Crippen molar-refractivity contribution in [3.8, 4) is 0 Å². The third-order valence-corrected chi connectivity index (χ3v) is 4.60. The van der Waals surface area contributed by atoms with E-state index in [4.69, 9.17) is 9.47 Å². The van der Waals surface area contributed by atoms with E-state index in [1.807, 2.05) is 0 Å². The maximum atomic E-state index is 5.89. The van der Waals surface area contributed by atoms with Gasteiger partial charge in [-0.1, -0.05) is 71.6 Å². The zero-order valence-electron chi connectivity index (χ0n) is 14.6. The van der Waals surface area contributed by atoms with Gasteiger partial charge in [0.1, 0.15) is 0 Å². The van der Waals surface area contributed by atoms with Gasteiger partial charge >= 0.3 is 0 Å². The van der Waals surface area contributed by atoms with Crippen LogP contribution >= 0.6 is 0 Å². The molecule has 0 N–H and O–H groups in total. The first-order valence-electron chi connectivity index (χ1n) is 9.60. The lowest BCUT2D eigenvalue weighted by Crippen LogP contribution is -2.17. The molecule has 2 nitrogen and oxygen atoms in total. The van der Waals surface area contributed by atoms with E-state index in [9.17, 15) is 0 Å². The highest BCUT2D eigenvalue weighted by atomic mass is 16.5. The van der Waals surface area contributed by atoms with Gasteiger partial charge in [-0.3, -0.25) is 0 Å². The van der Waals surface area contributed by atoms with Crippen LogP contribution in [0, 0.1) is 0 Å². The summed E-state index contributed by atoms with van der Waals surface area (Å²) in [4.78, 5) is 0. The maximum Gasteiger partial charge on any atom is 0.0813 e. The van der Waals surface area contributed by atoms with Crippen molar-refractivity contribution in [2.75, 3.05) is 13.2 Å². The molecule has 126 valence electrons. The van der Waals surface area contributed by atoms with Crippen molar-refractivity contribution in [3.05, 3.63) is 0 Å². The Morgan fingerprint density at radius 3 is 1.90 bits per heavy atom. The van der Waals surface area contributed by atoms with Gasteiger partial charge < -0.3 is 9.47 Å². The third-order valence-electron chi connectivity index (χ3n) is 4.60. The SMILES string of the molecule is CCCCCCCCCCCCOCC1CCC(CC)O1. The summed E-state index contributed by atoms with van der Waals surface area (Å²) in [5, 5.41) is 0. The first kappa shape index (κ1) is 19.0. The summed E-state index contributed by atoms with van der Waals surface area (Å²) in [5.41, 5.74) is 0. The van der Waals surface area contributed by atoms with E-state index in [0.717, 1.165) is 19.6 Å². The Morgan fingerprint density at radius 2 is 1.33 bits per heavy atom. The van der Waals surface area contributed by atoms with Crippen molar-refractivity contribution in [2.24, 2.45) is 0 Å². The number of hydrogen-bond donors (Lipinski definition) is 0. The second-order valence-electron chi connectivity index (χ2n) is 6.62. The lowest BCUT2D eigenvalue weighted by Gasteiger charge is -2.12. The molecule has 0 aliphatic carbocycles. The van der Waals surface area contributed by atoms with Gasteiger partial charge in [-0.05, 0) is 25.7 Å². The molecular weight excluding hydrogens is 260 g/mol. The number of hydrogen-bond acceptors (Lipinski definition) is 2. The van der Waals surface area contributed by atoms with Crippen molar-refractivity contribution in [3.63, 3.8) is 0 Å². The second kappa shape index (κ2) is 13.6. The highest BCUT2D eigenvalue weighted by Gasteiger charge is 2.23. The molecule has 21 heavy (non-hydrogen) atoms. The van der Waals surface area contributed by atoms with Gasteiger partial charge in [0, 0.05) is 6.61 Å². The van der Waals surface area contributed by atoms with Gasteiger partial charge in [0.05, 0.1) is 18.8 Å². The summed E-state index contributed by atoms with van der Waals surface area (Å²) in [6.45, 7) is 6.22. The van der Waals surface area contributed by atoms with Gasteiger partial charge in [0.2, 0.25) is 0 Å². The fourth-order valence-electron chi connectivity index (χ4n) is 3.11. The Balaban J connectivity index is 1.73. The molecule has 0 saturated carbocycles. The topological polar surface area (TPSA) is 18.5 Å². The van der Waals surface area contributed by atoms with Gasteiger partial charge in [0.15, 0.2) is 0 Å². The molecule has 0 bridgehead atoms. The Hall–Kier alpha value is -0.0800. The highest BCUT2D eigenvalue weighted by Crippen LogP contribution is 2.22. The van der Waals surface area contributed by atoms with E-state index in [1.165, 1.54) is 77.0 Å². The van der Waals surface area contributed by atoms with E-state index >= 15 is 0 Å². The normalized spacial score (nSPS) is 22.0. The summed E-state index contributed by atoms with van der Waals surface area (Å²) in [5.74, 6) is 0. The predicted octanol–water partition coefficient (Wildman–Crippen LogP) is 5.88. The van der Waals surface area contributed by atoms with Crippen molar-refractivity contribution in [1.82, 2.24) is 0 Å². The van der Waals surface area contributed by atoms with Crippen LogP contribution in [-0.2, 0) is 9.47 Å². The Labute approximate surface area is 133 Å². The van der Waals surface area contributed by atoms with E-state index in [0.29, 0.717) is 12.2 Å². The van der Waals surface area contributed by atoms with Crippen LogP contribution < -0.4 is 0 Å². The third kappa shape index (κ3) is 10.3. The first-order valence-corrected chi connectivity index (χ1v) is 9.60. The molecule has 0 aromatic carbocycles. The van der Waals surface area contributed by atoms with Crippen molar-refractivity contribution >= 4 is 0 Å². The zero-order chi connectivity index (χ0) is 15.2. The van der Waals surface area contributed by atoms with Gasteiger partial charge in [-0.25, -0.2) is 0 Å². The van der Waals surface area contributed by atoms with Crippen LogP contribution in [0.4, 0.5) is 0 Å². The summed E-state index contributed by atoms with van der Waals surface area (Å²) < 4.78 is 11.6. The van der Waals surface area contributed by atoms with Crippen LogP contribution in [0.25, 0.3) is 0 Å². The highest BCUT2D eigenvalue weighted by molar-refractivity contribution is 4.72. The lowest BCUT2D eigenvalue weighted by molar-refractivity contribution is -0.0163. The number of unbranched alkanes of at least 4 members (excludes halogenated alkanes) is 9. The Morgan fingerprint density at radius 1 is 0.762 bits per heavy atom. The molecule has 1 aliphatic rings. The minimum Gasteiger partial charge on any atom is -0.379 e. The number of ether oxygens (including phenoxy) is 2. The summed E-state index contributed by atoms with van der Waals surface area (Å²) >= 11 is 0. The minimum atomic E-state index is 0.373. The smallest absolute Gasteiger partial charge is 0.0813 e. The fraction of sp³-hybridized carbons (Fsp3) is 1.00. The monoisotopic (exact) mass is 298 g/mol. The van der Waals surface area contributed by atoms with Crippen LogP contribution in [0.1, 0.15) is 97.3 Å². The molecule has 0 amide bonds. The molecule has 2 atom stereocenters. The quantitative estimate of drug-likeness (QED) is 0.373. The van der Waals surface area contributed by atoms with E-state index < -0.39 is 0 Å². The van der Waals surface area contributed by atoms with Gasteiger partial charge in [-0.2, -0.15) is 0 Å². The van der Waals surface area contributed by atoms with E-state index in [-0.39, 0.29) is 0 Å². The average molecular weight is 299 g/mol. The van der Waals surface area contributed by atoms with E-state index in [2.05, 4.69) is 13.8 Å². The van der Waals surface area contributed by atoms with E-state index in [1.54, 1.807) is 0 Å². The maximum absolute atomic E-state index is 5.89. The first-order chi connectivity index (χ1) is 10.4. The number of rotatable bonds is 14. The molecule has 1 fully saturated rings. The molecule has 2 unspecified atom stereocenters. The van der Waals surface area contributed by atoms with Gasteiger partial charge in [0.25, 0.3) is 0 Å². The Bertz CT molecular complexity index is 218. The molecular formula is C19H38O2. The minimum absolute atomic E-state index is 0.373. The standard InChI is InChI=1S/C19H38O2/c1-3-5-6-7-8-9-10-11-12-13-16-20-17-19-15-14-18(4-2)21-19/h18-19H,3-17H2,1-2H3. The zero-order valence-corrected chi connectivity index (χ0v) is 14.6. The molecule has 0 radical (unpaired) electrons. The molecule has 0 aromatic heterocycles. The molecule has 0 aromatic rings. The molecule has 1 rings (SSSR count). The van der Waals surface area contributed by atoms with Crippen molar-refractivity contribution < 1.29 is 9.47 Å². The molecule has 1 aliphatic heterocycles. The fourth-order valence-corrected chi connectivity index (χ4v) is 3.11. The van der Waals surface area contributed by atoms with Crippen molar-refractivity contribution in [1.29, 1.82) is 0 Å². The van der Waals surface area contributed by atoms with Crippen LogP contribution in [0.2, 0.25) is 0 Å². The molecule has 1 saturated heterocycles. The van der Waals surface area contributed by atoms with Crippen molar-refractivity contribution in [2.45, 2.75) is 110 Å². The van der Waals surface area contributed by atoms with Crippen LogP contribution in [-0.4, -0.2) is 25.4 Å². The summed E-state index contributed by atoms with van der Waals surface area (Å²) in [6, 6.07) is 0. The average Bonchev–Trinajstić information content (AvgIpc) is 2.96. The predicted molar refractivity (Wildman–Crippen MR) is 90.8 cm³/mol.